The van der Waals surface area contributed by atoms with E-state index in [1.54, 1.807) is 6.92 Å². The fourth-order valence-corrected chi connectivity index (χ4v) is 1.41. The van der Waals surface area contributed by atoms with E-state index in [0.717, 1.165) is 18.2 Å². The van der Waals surface area contributed by atoms with E-state index in [0.29, 0.717) is 0 Å². The molecule has 0 unspecified atom stereocenters. The minimum absolute atomic E-state index is 0.0687. The van der Waals surface area contributed by atoms with Crippen LogP contribution in [0.2, 0.25) is 0 Å². The fraction of sp³-hybridized carbons (Fsp3) is 0.167. The van der Waals surface area contributed by atoms with Crippen LogP contribution < -0.4 is 0 Å². The summed E-state index contributed by atoms with van der Waals surface area (Å²) >= 11 is 0. The Balaban J connectivity index is 2.35. The molecule has 100 valence electrons. The van der Waals surface area contributed by atoms with E-state index in [4.69, 9.17) is 4.52 Å². The number of halogens is 3. The lowest BCUT2D eigenvalue weighted by Crippen LogP contribution is -2.04. The van der Waals surface area contributed by atoms with E-state index in [2.05, 4.69) is 9.89 Å². The van der Waals surface area contributed by atoms with E-state index >= 15 is 0 Å². The summed E-state index contributed by atoms with van der Waals surface area (Å²) < 4.78 is 48.3. The van der Waals surface area contributed by atoms with Crippen molar-refractivity contribution in [3.63, 3.8) is 0 Å². The number of carbonyl (C=O) groups is 1. The Morgan fingerprint density at radius 3 is 2.47 bits per heavy atom. The molecule has 2 aromatic rings. The highest BCUT2D eigenvalue weighted by Crippen LogP contribution is 2.24. The van der Waals surface area contributed by atoms with Crippen LogP contribution in [0.4, 0.5) is 13.2 Å². The molecular weight excluding hydrogens is 263 g/mol. The van der Waals surface area contributed by atoms with E-state index in [9.17, 15) is 18.0 Å². The number of nitrogens with zero attached hydrogens (tertiary/aromatic N) is 1. The fourth-order valence-electron chi connectivity index (χ4n) is 1.41. The number of hydrogen-bond donors (Lipinski definition) is 0. The number of esters is 1. The highest BCUT2D eigenvalue weighted by Gasteiger charge is 2.17. The van der Waals surface area contributed by atoms with Crippen molar-refractivity contribution < 1.29 is 27.2 Å². The minimum Gasteiger partial charge on any atom is -0.461 e. The second-order valence-corrected chi connectivity index (χ2v) is 3.55. The molecule has 0 amide bonds. The molecule has 1 aromatic heterocycles. The second kappa shape index (κ2) is 5.13. The van der Waals surface area contributed by atoms with Crippen molar-refractivity contribution in [3.05, 3.63) is 41.3 Å². The lowest BCUT2D eigenvalue weighted by Gasteiger charge is -1.98. The first-order valence-corrected chi connectivity index (χ1v) is 5.31. The minimum atomic E-state index is -1.58. The summed E-state index contributed by atoms with van der Waals surface area (Å²) in [6.07, 6.45) is 0. The molecule has 0 N–H and O–H groups in total. The van der Waals surface area contributed by atoms with Crippen molar-refractivity contribution in [1.29, 1.82) is 0 Å². The molecule has 0 saturated carbocycles. The zero-order valence-corrected chi connectivity index (χ0v) is 9.75. The first kappa shape index (κ1) is 13.1. The quantitative estimate of drug-likeness (QED) is 0.636. The van der Waals surface area contributed by atoms with Gasteiger partial charge in [-0.05, 0) is 19.1 Å². The maximum absolute atomic E-state index is 13.0. The largest absolute Gasteiger partial charge is 0.461 e. The molecule has 4 nitrogen and oxygen atoms in total. The van der Waals surface area contributed by atoms with Crippen LogP contribution in [-0.2, 0) is 4.74 Å². The summed E-state index contributed by atoms with van der Waals surface area (Å²) in [4.78, 5) is 11.3. The lowest BCUT2D eigenvalue weighted by atomic mass is 10.1. The van der Waals surface area contributed by atoms with E-state index in [-0.39, 0.29) is 23.6 Å². The predicted molar refractivity (Wildman–Crippen MR) is 57.8 cm³/mol. The number of carbonyl (C=O) groups excluding carboxylic acids is 1. The third kappa shape index (κ3) is 2.59. The van der Waals surface area contributed by atoms with Gasteiger partial charge < -0.3 is 9.26 Å². The highest BCUT2D eigenvalue weighted by atomic mass is 19.2. The molecule has 0 saturated heterocycles. The molecule has 0 aliphatic heterocycles. The van der Waals surface area contributed by atoms with Crippen LogP contribution in [0.3, 0.4) is 0 Å². The predicted octanol–water partition coefficient (Wildman–Crippen LogP) is 2.94. The number of aromatic nitrogens is 1. The standard InChI is InChI=1S/C12H8F3NO3/c1-2-18-12(17)9-5-10(19-16-9)6-3-7(13)11(15)8(14)4-6/h3-5H,2H2,1H3. The van der Waals surface area contributed by atoms with Gasteiger partial charge in [0.1, 0.15) is 0 Å². The van der Waals surface area contributed by atoms with Gasteiger partial charge in [-0.25, -0.2) is 18.0 Å². The Morgan fingerprint density at radius 2 is 1.89 bits per heavy atom. The lowest BCUT2D eigenvalue weighted by molar-refractivity contribution is 0.0514. The maximum Gasteiger partial charge on any atom is 0.360 e. The van der Waals surface area contributed by atoms with Crippen LogP contribution in [-0.4, -0.2) is 17.7 Å². The SMILES string of the molecule is CCOC(=O)c1cc(-c2cc(F)c(F)c(F)c2)on1. The highest BCUT2D eigenvalue weighted by molar-refractivity contribution is 5.88. The summed E-state index contributed by atoms with van der Waals surface area (Å²) in [5.41, 5.74) is -0.207. The average molecular weight is 271 g/mol. The Bertz CT molecular complexity index is 601. The van der Waals surface area contributed by atoms with Gasteiger partial charge in [-0.15, -0.1) is 0 Å². The van der Waals surface area contributed by atoms with Gasteiger partial charge in [0, 0.05) is 11.6 Å². The molecule has 7 heteroatoms. The summed E-state index contributed by atoms with van der Waals surface area (Å²) in [5.74, 6) is -5.08. The van der Waals surface area contributed by atoms with Gasteiger partial charge in [0.05, 0.1) is 6.61 Å². The Morgan fingerprint density at radius 1 is 1.26 bits per heavy atom. The van der Waals surface area contributed by atoms with Crippen molar-refractivity contribution in [3.8, 4) is 11.3 Å². The monoisotopic (exact) mass is 271 g/mol. The molecule has 19 heavy (non-hydrogen) atoms. The molecule has 0 spiro atoms. The molecule has 1 heterocycles. The van der Waals surface area contributed by atoms with Crippen molar-refractivity contribution in [2.24, 2.45) is 0 Å². The molecule has 0 aliphatic rings. The smallest absolute Gasteiger partial charge is 0.360 e. The van der Waals surface area contributed by atoms with Crippen LogP contribution in [0.25, 0.3) is 11.3 Å². The Hall–Kier alpha value is -2.31. The van der Waals surface area contributed by atoms with E-state index in [1.807, 2.05) is 0 Å². The van der Waals surface area contributed by atoms with Crippen LogP contribution in [0, 0.1) is 17.5 Å². The van der Waals surface area contributed by atoms with Gasteiger partial charge in [0.15, 0.2) is 28.9 Å². The molecule has 1 aromatic carbocycles. The first-order valence-electron chi connectivity index (χ1n) is 5.31. The molecule has 2 rings (SSSR count). The number of hydrogen-bond acceptors (Lipinski definition) is 4. The molecular formula is C12H8F3NO3. The maximum atomic E-state index is 13.0. The average Bonchev–Trinajstić information content (AvgIpc) is 2.85. The Labute approximate surface area is 105 Å². The summed E-state index contributed by atoms with van der Waals surface area (Å²) in [6, 6.07) is 2.64. The molecule has 0 aliphatic carbocycles. The van der Waals surface area contributed by atoms with Crippen molar-refractivity contribution in [1.82, 2.24) is 5.16 Å². The third-order valence-electron chi connectivity index (χ3n) is 2.26. The van der Waals surface area contributed by atoms with Crippen molar-refractivity contribution in [2.75, 3.05) is 6.61 Å². The molecule has 0 fully saturated rings. The van der Waals surface area contributed by atoms with Crippen LogP contribution >= 0.6 is 0 Å². The van der Waals surface area contributed by atoms with Gasteiger partial charge in [0.2, 0.25) is 0 Å². The number of benzene rings is 1. The molecule has 0 bridgehead atoms. The topological polar surface area (TPSA) is 52.3 Å². The van der Waals surface area contributed by atoms with Gasteiger partial charge >= 0.3 is 5.97 Å². The van der Waals surface area contributed by atoms with Gasteiger partial charge in [-0.2, -0.15) is 0 Å². The van der Waals surface area contributed by atoms with Crippen LogP contribution in [0.1, 0.15) is 17.4 Å². The van der Waals surface area contributed by atoms with Crippen molar-refractivity contribution >= 4 is 5.97 Å². The normalized spacial score (nSPS) is 10.5. The van der Waals surface area contributed by atoms with Gasteiger partial charge in [-0.1, -0.05) is 5.16 Å². The van der Waals surface area contributed by atoms with Crippen LogP contribution in [0.5, 0.6) is 0 Å². The van der Waals surface area contributed by atoms with Crippen molar-refractivity contribution in [2.45, 2.75) is 6.92 Å². The molecule has 0 radical (unpaired) electrons. The number of ether oxygens (including phenoxy) is 1. The summed E-state index contributed by atoms with van der Waals surface area (Å²) in [6.45, 7) is 1.77. The summed E-state index contributed by atoms with van der Waals surface area (Å²) in [5, 5.41) is 3.40. The number of rotatable bonds is 3. The van der Waals surface area contributed by atoms with E-state index in [1.165, 1.54) is 0 Å². The first-order chi connectivity index (χ1) is 9.02. The Kier molecular flexibility index (Phi) is 3.55. The zero-order chi connectivity index (χ0) is 14.0. The molecule has 0 atom stereocenters. The summed E-state index contributed by atoms with van der Waals surface area (Å²) in [7, 11) is 0. The van der Waals surface area contributed by atoms with Crippen LogP contribution in [0.15, 0.2) is 22.7 Å². The second-order valence-electron chi connectivity index (χ2n) is 3.55. The van der Waals surface area contributed by atoms with E-state index < -0.39 is 23.4 Å². The van der Waals surface area contributed by atoms with Gasteiger partial charge in [-0.3, -0.25) is 0 Å². The third-order valence-corrected chi connectivity index (χ3v) is 2.26. The zero-order valence-electron chi connectivity index (χ0n) is 9.75. The van der Waals surface area contributed by atoms with Gasteiger partial charge in [0.25, 0.3) is 0 Å².